The summed E-state index contributed by atoms with van der Waals surface area (Å²) in [7, 11) is 0. The molecule has 4 nitrogen and oxygen atoms in total. The van der Waals surface area contributed by atoms with Gasteiger partial charge in [-0.1, -0.05) is 34.9 Å². The van der Waals surface area contributed by atoms with Crippen molar-refractivity contribution in [2.24, 2.45) is 0 Å². The molecule has 0 spiro atoms. The summed E-state index contributed by atoms with van der Waals surface area (Å²) in [6.45, 7) is 9.21. The van der Waals surface area contributed by atoms with Crippen LogP contribution >= 0.6 is 15.9 Å². The largest absolute Gasteiger partial charge is 0.339 e. The molecular formula is C15H20BrN3O. The fourth-order valence-corrected chi connectivity index (χ4v) is 2.25. The summed E-state index contributed by atoms with van der Waals surface area (Å²) < 4.78 is 6.43. The van der Waals surface area contributed by atoms with Crippen LogP contribution in [0.3, 0.4) is 0 Å². The standard InChI is InChI=1S/C15H20BrN3O/c1-9(2)17-6-5-13-18-15(19-20-13)12-7-10(3)14(16)11(4)8-12/h7-9,17H,5-6H2,1-4H3. The highest BCUT2D eigenvalue weighted by Crippen LogP contribution is 2.27. The third kappa shape index (κ3) is 3.67. The molecule has 0 aliphatic heterocycles. The van der Waals surface area contributed by atoms with Crippen molar-refractivity contribution in [3.05, 3.63) is 33.6 Å². The molecule has 0 aliphatic rings. The lowest BCUT2D eigenvalue weighted by atomic mass is 10.1. The van der Waals surface area contributed by atoms with E-state index in [9.17, 15) is 0 Å². The normalized spacial score (nSPS) is 11.3. The molecule has 5 heteroatoms. The molecule has 1 aromatic heterocycles. The number of aromatic nitrogens is 2. The van der Waals surface area contributed by atoms with E-state index in [0.29, 0.717) is 17.8 Å². The van der Waals surface area contributed by atoms with Crippen LogP contribution in [0.2, 0.25) is 0 Å². The minimum absolute atomic E-state index is 0.467. The number of hydrogen-bond donors (Lipinski definition) is 1. The zero-order valence-corrected chi connectivity index (χ0v) is 13.9. The number of hydrogen-bond acceptors (Lipinski definition) is 4. The molecule has 0 saturated carbocycles. The molecule has 0 amide bonds. The van der Waals surface area contributed by atoms with Crippen molar-refractivity contribution in [2.75, 3.05) is 6.54 Å². The Labute approximate surface area is 128 Å². The molecule has 0 atom stereocenters. The number of nitrogens with one attached hydrogen (secondary N) is 1. The molecule has 0 unspecified atom stereocenters. The minimum Gasteiger partial charge on any atom is -0.339 e. The number of halogens is 1. The lowest BCUT2D eigenvalue weighted by Crippen LogP contribution is -2.25. The molecule has 0 bridgehead atoms. The van der Waals surface area contributed by atoms with E-state index in [-0.39, 0.29) is 0 Å². The summed E-state index contributed by atoms with van der Waals surface area (Å²) in [5.41, 5.74) is 3.34. The fraction of sp³-hybridized carbons (Fsp3) is 0.467. The van der Waals surface area contributed by atoms with E-state index in [2.05, 4.69) is 71.2 Å². The van der Waals surface area contributed by atoms with Gasteiger partial charge in [-0.25, -0.2) is 0 Å². The first-order valence-corrected chi connectivity index (χ1v) is 7.59. The Morgan fingerprint density at radius 3 is 2.50 bits per heavy atom. The zero-order valence-electron chi connectivity index (χ0n) is 12.3. The van der Waals surface area contributed by atoms with Crippen molar-refractivity contribution in [1.29, 1.82) is 0 Å². The van der Waals surface area contributed by atoms with Crippen molar-refractivity contribution < 1.29 is 4.52 Å². The first kappa shape index (κ1) is 15.2. The zero-order chi connectivity index (χ0) is 14.7. The first-order valence-electron chi connectivity index (χ1n) is 6.80. The van der Waals surface area contributed by atoms with Gasteiger partial charge in [0.15, 0.2) is 0 Å². The smallest absolute Gasteiger partial charge is 0.228 e. The van der Waals surface area contributed by atoms with Crippen LogP contribution in [-0.2, 0) is 6.42 Å². The van der Waals surface area contributed by atoms with Gasteiger partial charge in [-0.2, -0.15) is 4.98 Å². The average molecular weight is 338 g/mol. The topological polar surface area (TPSA) is 51.0 Å². The van der Waals surface area contributed by atoms with Gasteiger partial charge in [0.2, 0.25) is 11.7 Å². The van der Waals surface area contributed by atoms with Crippen LogP contribution in [-0.4, -0.2) is 22.7 Å². The maximum Gasteiger partial charge on any atom is 0.228 e. The van der Waals surface area contributed by atoms with Gasteiger partial charge < -0.3 is 9.84 Å². The minimum atomic E-state index is 0.467. The Bertz CT molecular complexity index is 570. The molecule has 2 aromatic rings. The molecule has 1 heterocycles. The third-order valence-electron chi connectivity index (χ3n) is 3.05. The number of rotatable bonds is 5. The van der Waals surface area contributed by atoms with Crippen LogP contribution in [0.1, 0.15) is 30.9 Å². The first-order chi connectivity index (χ1) is 9.47. The van der Waals surface area contributed by atoms with Gasteiger partial charge in [0.25, 0.3) is 0 Å². The predicted molar refractivity (Wildman–Crippen MR) is 83.8 cm³/mol. The summed E-state index contributed by atoms with van der Waals surface area (Å²) >= 11 is 3.57. The highest BCUT2D eigenvalue weighted by molar-refractivity contribution is 9.10. The lowest BCUT2D eigenvalue weighted by molar-refractivity contribution is 0.374. The third-order valence-corrected chi connectivity index (χ3v) is 4.31. The van der Waals surface area contributed by atoms with Crippen LogP contribution in [0, 0.1) is 13.8 Å². The van der Waals surface area contributed by atoms with Crippen LogP contribution in [0.5, 0.6) is 0 Å². The van der Waals surface area contributed by atoms with Crippen molar-refractivity contribution in [3.63, 3.8) is 0 Å². The van der Waals surface area contributed by atoms with Gasteiger partial charge in [0.1, 0.15) is 0 Å². The molecule has 2 rings (SSSR count). The van der Waals surface area contributed by atoms with Gasteiger partial charge in [-0.15, -0.1) is 0 Å². The molecule has 0 saturated heterocycles. The maximum absolute atomic E-state index is 5.30. The van der Waals surface area contributed by atoms with Crippen LogP contribution < -0.4 is 5.32 Å². The Hall–Kier alpha value is -1.20. The van der Waals surface area contributed by atoms with Crippen LogP contribution in [0.4, 0.5) is 0 Å². The van der Waals surface area contributed by atoms with E-state index in [0.717, 1.165) is 23.0 Å². The Morgan fingerprint density at radius 2 is 1.90 bits per heavy atom. The SMILES string of the molecule is Cc1cc(-c2noc(CCNC(C)C)n2)cc(C)c1Br. The molecule has 0 radical (unpaired) electrons. The average Bonchev–Trinajstić information content (AvgIpc) is 2.83. The van der Waals surface area contributed by atoms with Gasteiger partial charge >= 0.3 is 0 Å². The van der Waals surface area contributed by atoms with E-state index < -0.39 is 0 Å². The molecule has 0 fully saturated rings. The number of aryl methyl sites for hydroxylation is 2. The van der Waals surface area contributed by atoms with Crippen LogP contribution in [0.15, 0.2) is 21.1 Å². The summed E-state index contributed by atoms with van der Waals surface area (Å²) in [6.07, 6.45) is 0.750. The quantitative estimate of drug-likeness (QED) is 0.904. The highest BCUT2D eigenvalue weighted by Gasteiger charge is 2.11. The number of benzene rings is 1. The summed E-state index contributed by atoms with van der Waals surface area (Å²) in [6, 6.07) is 4.60. The molecule has 108 valence electrons. The number of nitrogens with zero attached hydrogens (tertiary/aromatic N) is 2. The van der Waals surface area contributed by atoms with Crippen molar-refractivity contribution in [3.8, 4) is 11.4 Å². The van der Waals surface area contributed by atoms with E-state index in [1.54, 1.807) is 0 Å². The predicted octanol–water partition coefficient (Wildman–Crippen LogP) is 3.66. The van der Waals surface area contributed by atoms with E-state index in [1.165, 1.54) is 11.1 Å². The van der Waals surface area contributed by atoms with Gasteiger partial charge in [0, 0.05) is 29.0 Å². The Balaban J connectivity index is 2.12. The molecule has 1 aromatic carbocycles. The lowest BCUT2D eigenvalue weighted by Gasteiger charge is -2.05. The second-order valence-electron chi connectivity index (χ2n) is 5.29. The molecule has 0 aliphatic carbocycles. The second kappa shape index (κ2) is 6.50. The van der Waals surface area contributed by atoms with E-state index >= 15 is 0 Å². The van der Waals surface area contributed by atoms with Crippen LogP contribution in [0.25, 0.3) is 11.4 Å². The molecular weight excluding hydrogens is 318 g/mol. The van der Waals surface area contributed by atoms with Gasteiger partial charge in [0.05, 0.1) is 0 Å². The fourth-order valence-electron chi connectivity index (χ4n) is 2.02. The van der Waals surface area contributed by atoms with E-state index in [1.807, 2.05) is 0 Å². The van der Waals surface area contributed by atoms with Crippen molar-refractivity contribution in [1.82, 2.24) is 15.5 Å². The Morgan fingerprint density at radius 1 is 1.25 bits per heavy atom. The summed E-state index contributed by atoms with van der Waals surface area (Å²) in [4.78, 5) is 4.46. The van der Waals surface area contributed by atoms with Crippen molar-refractivity contribution >= 4 is 15.9 Å². The molecule has 1 N–H and O–H groups in total. The van der Waals surface area contributed by atoms with Crippen molar-refractivity contribution in [2.45, 2.75) is 40.2 Å². The molecule has 20 heavy (non-hydrogen) atoms. The van der Waals surface area contributed by atoms with Gasteiger partial charge in [-0.3, -0.25) is 0 Å². The Kier molecular flexibility index (Phi) is 4.94. The highest BCUT2D eigenvalue weighted by atomic mass is 79.9. The maximum atomic E-state index is 5.30. The second-order valence-corrected chi connectivity index (χ2v) is 6.09. The summed E-state index contributed by atoms with van der Waals surface area (Å²) in [5, 5.41) is 7.40. The van der Waals surface area contributed by atoms with E-state index in [4.69, 9.17) is 4.52 Å². The van der Waals surface area contributed by atoms with Gasteiger partial charge in [-0.05, 0) is 37.1 Å². The summed E-state index contributed by atoms with van der Waals surface area (Å²) in [5.74, 6) is 1.33. The monoisotopic (exact) mass is 337 g/mol.